The summed E-state index contributed by atoms with van der Waals surface area (Å²) in [6.07, 6.45) is 4.34. The standard InChI is InChI=1S/C15H19FO2/c1-10-3-6-13(7-4-10)18-15-9-12(16)5-8-14(15)11(2)17/h5,8-10,13H,3-4,6-7H2,1-2H3. The molecule has 1 fully saturated rings. The Hall–Kier alpha value is -1.38. The van der Waals surface area contributed by atoms with Crippen molar-refractivity contribution in [3.8, 4) is 5.75 Å². The molecule has 0 spiro atoms. The summed E-state index contributed by atoms with van der Waals surface area (Å²) in [5.41, 5.74) is 0.468. The van der Waals surface area contributed by atoms with E-state index >= 15 is 0 Å². The third-order valence-electron chi connectivity index (χ3n) is 3.58. The zero-order valence-corrected chi connectivity index (χ0v) is 10.9. The molecule has 0 aliphatic heterocycles. The Morgan fingerprint density at radius 3 is 2.56 bits per heavy atom. The molecule has 1 aromatic carbocycles. The van der Waals surface area contributed by atoms with Crippen LogP contribution < -0.4 is 4.74 Å². The number of halogens is 1. The number of ketones is 1. The number of ether oxygens (including phenoxy) is 1. The summed E-state index contributed by atoms with van der Waals surface area (Å²) in [5.74, 6) is 0.681. The van der Waals surface area contributed by atoms with Gasteiger partial charge < -0.3 is 4.74 Å². The maximum Gasteiger partial charge on any atom is 0.163 e. The predicted octanol–water partition coefficient (Wildman–Crippen LogP) is 3.99. The van der Waals surface area contributed by atoms with E-state index in [1.165, 1.54) is 25.1 Å². The smallest absolute Gasteiger partial charge is 0.163 e. The van der Waals surface area contributed by atoms with Crippen LogP contribution in [0.3, 0.4) is 0 Å². The molecule has 1 saturated carbocycles. The summed E-state index contributed by atoms with van der Waals surface area (Å²) in [4.78, 5) is 11.5. The van der Waals surface area contributed by atoms with Crippen molar-refractivity contribution in [1.29, 1.82) is 0 Å². The molecule has 2 rings (SSSR count). The number of carbonyl (C=O) groups excluding carboxylic acids is 1. The van der Waals surface area contributed by atoms with Gasteiger partial charge in [-0.2, -0.15) is 0 Å². The Labute approximate surface area is 107 Å². The summed E-state index contributed by atoms with van der Waals surface area (Å²) in [6.45, 7) is 3.71. The Morgan fingerprint density at radius 1 is 1.28 bits per heavy atom. The topological polar surface area (TPSA) is 26.3 Å². The van der Waals surface area contributed by atoms with Crippen LogP contribution in [0.2, 0.25) is 0 Å². The first-order valence-corrected chi connectivity index (χ1v) is 6.53. The van der Waals surface area contributed by atoms with Crippen molar-refractivity contribution in [2.24, 2.45) is 5.92 Å². The highest BCUT2D eigenvalue weighted by Crippen LogP contribution is 2.29. The van der Waals surface area contributed by atoms with E-state index < -0.39 is 0 Å². The van der Waals surface area contributed by atoms with Gasteiger partial charge in [-0.3, -0.25) is 4.79 Å². The first-order chi connectivity index (χ1) is 8.56. The van der Waals surface area contributed by atoms with Gasteiger partial charge in [-0.15, -0.1) is 0 Å². The van der Waals surface area contributed by atoms with Crippen molar-refractivity contribution in [3.05, 3.63) is 29.6 Å². The maximum atomic E-state index is 13.2. The van der Waals surface area contributed by atoms with Crippen LogP contribution in [-0.4, -0.2) is 11.9 Å². The van der Waals surface area contributed by atoms with Gasteiger partial charge in [0.05, 0.1) is 11.7 Å². The first kappa shape index (κ1) is 13.1. The van der Waals surface area contributed by atoms with E-state index in [-0.39, 0.29) is 17.7 Å². The molecule has 1 aliphatic carbocycles. The van der Waals surface area contributed by atoms with Gasteiger partial charge in [-0.05, 0) is 50.7 Å². The van der Waals surface area contributed by atoms with E-state index in [0.29, 0.717) is 11.3 Å². The van der Waals surface area contributed by atoms with Crippen molar-refractivity contribution >= 4 is 5.78 Å². The molecule has 3 heteroatoms. The van der Waals surface area contributed by atoms with E-state index in [0.717, 1.165) is 31.6 Å². The van der Waals surface area contributed by atoms with E-state index in [1.54, 1.807) is 0 Å². The van der Waals surface area contributed by atoms with E-state index in [9.17, 15) is 9.18 Å². The molecule has 0 radical (unpaired) electrons. The van der Waals surface area contributed by atoms with Crippen LogP contribution in [0.5, 0.6) is 5.75 Å². The van der Waals surface area contributed by atoms with Crippen LogP contribution in [0.15, 0.2) is 18.2 Å². The fourth-order valence-corrected chi connectivity index (χ4v) is 2.41. The normalized spacial score (nSPS) is 23.7. The molecule has 0 amide bonds. The molecular formula is C15H19FO2. The summed E-state index contributed by atoms with van der Waals surface area (Å²) >= 11 is 0. The highest BCUT2D eigenvalue weighted by Gasteiger charge is 2.21. The van der Waals surface area contributed by atoms with Crippen molar-refractivity contribution in [2.45, 2.75) is 45.6 Å². The molecular weight excluding hydrogens is 231 g/mol. The van der Waals surface area contributed by atoms with Crippen LogP contribution in [0.25, 0.3) is 0 Å². The maximum absolute atomic E-state index is 13.2. The van der Waals surface area contributed by atoms with Crippen LogP contribution in [0.1, 0.15) is 49.9 Å². The number of benzene rings is 1. The zero-order valence-electron chi connectivity index (χ0n) is 10.9. The van der Waals surface area contributed by atoms with Crippen molar-refractivity contribution in [3.63, 3.8) is 0 Å². The third-order valence-corrected chi connectivity index (χ3v) is 3.58. The molecule has 0 heterocycles. The largest absolute Gasteiger partial charge is 0.490 e. The van der Waals surface area contributed by atoms with E-state index in [1.807, 2.05) is 0 Å². The summed E-state index contributed by atoms with van der Waals surface area (Å²) in [7, 11) is 0. The number of hydrogen-bond acceptors (Lipinski definition) is 2. The summed E-state index contributed by atoms with van der Waals surface area (Å²) in [5, 5.41) is 0. The van der Waals surface area contributed by atoms with Crippen molar-refractivity contribution in [1.82, 2.24) is 0 Å². The fourth-order valence-electron chi connectivity index (χ4n) is 2.41. The highest BCUT2D eigenvalue weighted by molar-refractivity contribution is 5.96. The van der Waals surface area contributed by atoms with Gasteiger partial charge >= 0.3 is 0 Å². The lowest BCUT2D eigenvalue weighted by molar-refractivity contribution is 0.0995. The van der Waals surface area contributed by atoms with Gasteiger partial charge in [0.15, 0.2) is 5.78 Å². The molecule has 0 aromatic heterocycles. The number of Topliss-reactive ketones (excluding diaryl/α,β-unsaturated/α-hetero) is 1. The minimum atomic E-state index is -0.362. The number of rotatable bonds is 3. The van der Waals surface area contributed by atoms with Gasteiger partial charge in [-0.25, -0.2) is 4.39 Å². The van der Waals surface area contributed by atoms with Crippen LogP contribution in [-0.2, 0) is 0 Å². The molecule has 0 unspecified atom stereocenters. The quantitative estimate of drug-likeness (QED) is 0.758. The van der Waals surface area contributed by atoms with Gasteiger partial charge in [-0.1, -0.05) is 6.92 Å². The predicted molar refractivity (Wildman–Crippen MR) is 68.5 cm³/mol. The molecule has 0 atom stereocenters. The van der Waals surface area contributed by atoms with Crippen molar-refractivity contribution < 1.29 is 13.9 Å². The molecule has 1 aliphatic rings. The van der Waals surface area contributed by atoms with Crippen LogP contribution in [0.4, 0.5) is 4.39 Å². The lowest BCUT2D eigenvalue weighted by atomic mass is 9.89. The van der Waals surface area contributed by atoms with Crippen LogP contribution in [0, 0.1) is 11.7 Å². The van der Waals surface area contributed by atoms with Crippen molar-refractivity contribution in [2.75, 3.05) is 0 Å². The molecule has 0 N–H and O–H groups in total. The second kappa shape index (κ2) is 5.51. The summed E-state index contributed by atoms with van der Waals surface area (Å²) in [6, 6.07) is 4.11. The van der Waals surface area contributed by atoms with Gasteiger partial charge in [0.1, 0.15) is 11.6 Å². The lowest BCUT2D eigenvalue weighted by Crippen LogP contribution is -2.23. The molecule has 2 nitrogen and oxygen atoms in total. The Morgan fingerprint density at radius 2 is 1.94 bits per heavy atom. The molecule has 98 valence electrons. The Balaban J connectivity index is 2.12. The average Bonchev–Trinajstić information content (AvgIpc) is 2.32. The molecule has 0 saturated heterocycles. The minimum Gasteiger partial charge on any atom is -0.490 e. The Kier molecular flexibility index (Phi) is 4.00. The molecule has 1 aromatic rings. The second-order valence-electron chi connectivity index (χ2n) is 5.20. The van der Waals surface area contributed by atoms with E-state index in [2.05, 4.69) is 6.92 Å². The van der Waals surface area contributed by atoms with Gasteiger partial charge in [0, 0.05) is 6.07 Å². The highest BCUT2D eigenvalue weighted by atomic mass is 19.1. The lowest BCUT2D eigenvalue weighted by Gasteiger charge is -2.27. The van der Waals surface area contributed by atoms with Crippen LogP contribution >= 0.6 is 0 Å². The first-order valence-electron chi connectivity index (χ1n) is 6.53. The fraction of sp³-hybridized carbons (Fsp3) is 0.533. The van der Waals surface area contributed by atoms with Gasteiger partial charge in [0.25, 0.3) is 0 Å². The average molecular weight is 250 g/mol. The monoisotopic (exact) mass is 250 g/mol. The molecule has 18 heavy (non-hydrogen) atoms. The van der Waals surface area contributed by atoms with E-state index in [4.69, 9.17) is 4.74 Å². The number of hydrogen-bond donors (Lipinski definition) is 0. The second-order valence-corrected chi connectivity index (χ2v) is 5.20. The minimum absolute atomic E-state index is 0.0887. The third kappa shape index (κ3) is 3.09. The zero-order chi connectivity index (χ0) is 13.1. The number of carbonyl (C=O) groups is 1. The van der Waals surface area contributed by atoms with Gasteiger partial charge in [0.2, 0.25) is 0 Å². The SMILES string of the molecule is CC(=O)c1ccc(F)cc1OC1CCC(C)CC1. The summed E-state index contributed by atoms with van der Waals surface area (Å²) < 4.78 is 19.1. The Bertz CT molecular complexity index is 434. The molecule has 0 bridgehead atoms.